The molecule has 1 unspecified atom stereocenters. The third-order valence-corrected chi connectivity index (χ3v) is 4.20. The van der Waals surface area contributed by atoms with Crippen molar-refractivity contribution in [2.75, 3.05) is 18.5 Å². The fourth-order valence-corrected chi connectivity index (χ4v) is 3.12. The van der Waals surface area contributed by atoms with E-state index in [-0.39, 0.29) is 6.54 Å². The van der Waals surface area contributed by atoms with Gasteiger partial charge in [-0.3, -0.25) is 0 Å². The number of anilines is 1. The maximum atomic E-state index is 13.3. The second-order valence-corrected chi connectivity index (χ2v) is 5.62. The van der Waals surface area contributed by atoms with E-state index >= 15 is 0 Å². The van der Waals surface area contributed by atoms with E-state index in [0.29, 0.717) is 17.3 Å². The number of hydrogen-bond acceptors (Lipinski definition) is 2. The Hall–Kier alpha value is -1.23. The smallest absolute Gasteiger partial charge is 0.369 e. The van der Waals surface area contributed by atoms with Gasteiger partial charge in [0.1, 0.15) is 0 Å². The van der Waals surface area contributed by atoms with Gasteiger partial charge in [-0.1, -0.05) is 13.0 Å². The van der Waals surface area contributed by atoms with Crippen LogP contribution in [0.4, 0.5) is 18.9 Å². The number of nitrogens with zero attached hydrogens (tertiary/aromatic N) is 1. The predicted molar refractivity (Wildman–Crippen MR) is 79.5 cm³/mol. The highest BCUT2D eigenvalue weighted by molar-refractivity contribution is 5.53. The molecule has 2 rings (SSSR count). The first-order chi connectivity index (χ1) is 9.97. The molecule has 0 spiro atoms. The van der Waals surface area contributed by atoms with Crippen molar-refractivity contribution in [2.45, 2.75) is 51.4 Å². The molecule has 0 saturated carbocycles. The summed E-state index contributed by atoms with van der Waals surface area (Å²) in [7, 11) is 1.66. The molecule has 0 aliphatic carbocycles. The summed E-state index contributed by atoms with van der Waals surface area (Å²) in [5.41, 5.74) is 0.488. The highest BCUT2D eigenvalue weighted by Crippen LogP contribution is 2.36. The molecule has 2 nitrogen and oxygen atoms in total. The highest BCUT2D eigenvalue weighted by Gasteiger charge is 2.34. The van der Waals surface area contributed by atoms with Gasteiger partial charge in [0.2, 0.25) is 0 Å². The lowest BCUT2D eigenvalue weighted by molar-refractivity contribution is -0.138. The minimum Gasteiger partial charge on any atom is -0.369 e. The maximum Gasteiger partial charge on any atom is 0.416 e. The number of rotatable bonds is 4. The number of nitrogens with one attached hydrogen (secondary N) is 1. The highest BCUT2D eigenvalue weighted by atomic mass is 19.4. The molecule has 1 saturated heterocycles. The Morgan fingerprint density at radius 2 is 2.05 bits per heavy atom. The van der Waals surface area contributed by atoms with Gasteiger partial charge < -0.3 is 10.2 Å². The number of alkyl halides is 3. The Morgan fingerprint density at radius 3 is 2.67 bits per heavy atom. The molecule has 21 heavy (non-hydrogen) atoms. The molecule has 5 heteroatoms. The Labute approximate surface area is 124 Å². The molecule has 0 aromatic heterocycles. The van der Waals surface area contributed by atoms with Crippen LogP contribution in [0.3, 0.4) is 0 Å². The van der Waals surface area contributed by atoms with Crippen molar-refractivity contribution in [1.29, 1.82) is 0 Å². The second-order valence-electron chi connectivity index (χ2n) is 5.62. The fraction of sp³-hybridized carbons (Fsp3) is 0.625. The lowest BCUT2D eigenvalue weighted by Crippen LogP contribution is -2.39. The maximum absolute atomic E-state index is 13.3. The summed E-state index contributed by atoms with van der Waals surface area (Å²) < 4.78 is 39.8. The van der Waals surface area contributed by atoms with E-state index in [1.165, 1.54) is 12.5 Å². The zero-order chi connectivity index (χ0) is 15.5. The van der Waals surface area contributed by atoms with Gasteiger partial charge in [0, 0.05) is 24.8 Å². The van der Waals surface area contributed by atoms with Crippen molar-refractivity contribution in [3.63, 3.8) is 0 Å². The van der Waals surface area contributed by atoms with Crippen molar-refractivity contribution in [1.82, 2.24) is 5.32 Å². The lowest BCUT2D eigenvalue weighted by atomic mass is 9.97. The monoisotopic (exact) mass is 300 g/mol. The summed E-state index contributed by atoms with van der Waals surface area (Å²) in [6.07, 6.45) is -0.0511. The molecule has 0 bridgehead atoms. The molecular weight excluding hydrogens is 277 g/mol. The van der Waals surface area contributed by atoms with Gasteiger partial charge in [-0.25, -0.2) is 0 Å². The van der Waals surface area contributed by atoms with E-state index < -0.39 is 11.7 Å². The molecule has 1 aliphatic heterocycles. The minimum absolute atomic E-state index is 0.229. The van der Waals surface area contributed by atoms with Crippen molar-refractivity contribution in [3.05, 3.63) is 29.3 Å². The van der Waals surface area contributed by atoms with Gasteiger partial charge in [0.25, 0.3) is 0 Å². The van der Waals surface area contributed by atoms with E-state index in [9.17, 15) is 13.2 Å². The van der Waals surface area contributed by atoms with E-state index in [1.54, 1.807) is 13.1 Å². The molecule has 1 atom stereocenters. The average Bonchev–Trinajstić information content (AvgIpc) is 2.47. The van der Waals surface area contributed by atoms with Gasteiger partial charge in [-0.05, 0) is 50.4 Å². The number of halogens is 3. The summed E-state index contributed by atoms with van der Waals surface area (Å²) in [6.45, 7) is 3.18. The zero-order valence-corrected chi connectivity index (χ0v) is 12.6. The van der Waals surface area contributed by atoms with Crippen LogP contribution in [-0.2, 0) is 12.7 Å². The van der Waals surface area contributed by atoms with Crippen molar-refractivity contribution < 1.29 is 13.2 Å². The number of benzene rings is 1. The largest absolute Gasteiger partial charge is 0.416 e. The summed E-state index contributed by atoms with van der Waals surface area (Å²) in [6, 6.07) is 5.11. The van der Waals surface area contributed by atoms with Crippen LogP contribution in [0.5, 0.6) is 0 Å². The molecule has 1 aromatic rings. The first-order valence-electron chi connectivity index (χ1n) is 7.58. The molecule has 1 heterocycles. The SMILES string of the molecule is CCC1CCCCN1c1ccc(CNC)c(C(F)(F)F)c1. The van der Waals surface area contributed by atoms with Gasteiger partial charge in [-0.15, -0.1) is 0 Å². The van der Waals surface area contributed by atoms with Gasteiger partial charge in [0.15, 0.2) is 0 Å². The lowest BCUT2D eigenvalue weighted by Gasteiger charge is -2.37. The predicted octanol–water partition coefficient (Wildman–Crippen LogP) is 4.19. The second kappa shape index (κ2) is 6.69. The van der Waals surface area contributed by atoms with E-state index in [4.69, 9.17) is 0 Å². The Balaban J connectivity index is 2.36. The third-order valence-electron chi connectivity index (χ3n) is 4.20. The van der Waals surface area contributed by atoms with Crippen LogP contribution in [-0.4, -0.2) is 19.6 Å². The summed E-state index contributed by atoms with van der Waals surface area (Å²) >= 11 is 0. The summed E-state index contributed by atoms with van der Waals surface area (Å²) in [5, 5.41) is 2.80. The molecule has 1 aliphatic rings. The Morgan fingerprint density at radius 1 is 1.29 bits per heavy atom. The molecule has 1 aromatic carbocycles. The normalized spacial score (nSPS) is 19.9. The number of piperidine rings is 1. The zero-order valence-electron chi connectivity index (χ0n) is 12.6. The van der Waals surface area contributed by atoms with Gasteiger partial charge >= 0.3 is 6.18 Å². The van der Waals surface area contributed by atoms with Crippen molar-refractivity contribution in [2.24, 2.45) is 0 Å². The van der Waals surface area contributed by atoms with Crippen molar-refractivity contribution >= 4 is 5.69 Å². The molecule has 118 valence electrons. The van der Waals surface area contributed by atoms with Crippen LogP contribution in [0.25, 0.3) is 0 Å². The number of hydrogen-bond donors (Lipinski definition) is 1. The minimum atomic E-state index is -4.31. The van der Waals surface area contributed by atoms with Crippen molar-refractivity contribution in [3.8, 4) is 0 Å². The molecule has 0 amide bonds. The third kappa shape index (κ3) is 3.70. The Bertz CT molecular complexity index is 471. The molecule has 1 fully saturated rings. The van der Waals surface area contributed by atoms with Crippen LogP contribution < -0.4 is 10.2 Å². The standard InChI is InChI=1S/C16H23F3N2/c1-3-13-6-4-5-9-21(13)14-8-7-12(11-20-2)15(10-14)16(17,18)19/h7-8,10,13,20H,3-6,9,11H2,1-2H3. The fourth-order valence-electron chi connectivity index (χ4n) is 3.12. The van der Waals surface area contributed by atoms with Crippen LogP contribution >= 0.6 is 0 Å². The van der Waals surface area contributed by atoms with Crippen LogP contribution in [0.2, 0.25) is 0 Å². The first kappa shape index (κ1) is 16.1. The van der Waals surface area contributed by atoms with Crippen LogP contribution in [0, 0.1) is 0 Å². The molecular formula is C16H23F3N2. The first-order valence-corrected chi connectivity index (χ1v) is 7.58. The molecule has 1 N–H and O–H groups in total. The topological polar surface area (TPSA) is 15.3 Å². The summed E-state index contributed by atoms with van der Waals surface area (Å²) in [4.78, 5) is 2.14. The molecule has 0 radical (unpaired) electrons. The van der Waals surface area contributed by atoms with Gasteiger partial charge in [-0.2, -0.15) is 13.2 Å². The quantitative estimate of drug-likeness (QED) is 0.897. The van der Waals surface area contributed by atoms with E-state index in [2.05, 4.69) is 17.1 Å². The summed E-state index contributed by atoms with van der Waals surface area (Å²) in [5.74, 6) is 0. The van der Waals surface area contributed by atoms with Crippen LogP contribution in [0.15, 0.2) is 18.2 Å². The average molecular weight is 300 g/mol. The van der Waals surface area contributed by atoms with Gasteiger partial charge in [0.05, 0.1) is 5.56 Å². The van der Waals surface area contributed by atoms with E-state index in [0.717, 1.165) is 25.8 Å². The van der Waals surface area contributed by atoms with E-state index in [1.807, 2.05) is 6.07 Å². The van der Waals surface area contributed by atoms with Crippen LogP contribution in [0.1, 0.15) is 43.7 Å². The Kier molecular flexibility index (Phi) is 5.14.